The van der Waals surface area contributed by atoms with Crippen molar-refractivity contribution in [2.24, 2.45) is 0 Å². The molecular formula is C5H6ClN4NaO2. The molecule has 4 N–H and O–H groups in total. The first-order valence-corrected chi connectivity index (χ1v) is 3.24. The van der Waals surface area contributed by atoms with E-state index in [-0.39, 0.29) is 47.3 Å². The molecule has 0 saturated carbocycles. The van der Waals surface area contributed by atoms with Crippen LogP contribution in [-0.4, -0.2) is 25.4 Å². The summed E-state index contributed by atoms with van der Waals surface area (Å²) in [6, 6.07) is 0. The number of nitrogens with one attached hydrogen (secondary N) is 2. The molecule has 0 bridgehead atoms. The summed E-state index contributed by atoms with van der Waals surface area (Å²) < 4.78 is 0. The van der Waals surface area contributed by atoms with Gasteiger partial charge >= 0.3 is 29.6 Å². The summed E-state index contributed by atoms with van der Waals surface area (Å²) >= 11 is 5.46. The number of H-pyrrole nitrogens is 2. The molecule has 0 aliphatic carbocycles. The van der Waals surface area contributed by atoms with Crippen LogP contribution in [-0.2, 0) is 0 Å². The normalized spacial score (nSPS) is 9.00. The SMILES string of the molecule is O.O=c1[nH]c(Cl)nc2nc[nH]c12.[H-].[Na+]. The van der Waals surface area contributed by atoms with E-state index in [0.29, 0.717) is 11.2 Å². The second kappa shape index (κ2) is 4.73. The standard InChI is InChI=1S/C5H3ClN4O.Na.H2O.H/c6-5-9-3-2(4(11)10-5)7-1-8-3;;;/h1H,(H2,7,8,9,10,11);;1H2;/q;+1;;-1. The van der Waals surface area contributed by atoms with E-state index < -0.39 is 0 Å². The Kier molecular flexibility index (Phi) is 4.58. The molecule has 0 unspecified atom stereocenters. The molecule has 2 aromatic rings. The third kappa shape index (κ3) is 2.29. The van der Waals surface area contributed by atoms with Gasteiger partial charge in [0, 0.05) is 0 Å². The quantitative estimate of drug-likeness (QED) is 0.351. The van der Waals surface area contributed by atoms with Crippen LogP contribution < -0.4 is 35.1 Å². The maximum absolute atomic E-state index is 11.0. The van der Waals surface area contributed by atoms with Gasteiger partial charge in [-0.15, -0.1) is 0 Å². The number of hydrogen-bond donors (Lipinski definition) is 2. The summed E-state index contributed by atoms with van der Waals surface area (Å²) in [5.41, 5.74) is 0.366. The average molecular weight is 213 g/mol. The summed E-state index contributed by atoms with van der Waals surface area (Å²) in [4.78, 5) is 23.5. The summed E-state index contributed by atoms with van der Waals surface area (Å²) in [6.07, 6.45) is 1.39. The molecule has 0 atom stereocenters. The van der Waals surface area contributed by atoms with Crippen LogP contribution in [0.2, 0.25) is 5.28 Å². The Morgan fingerprint density at radius 3 is 2.92 bits per heavy atom. The van der Waals surface area contributed by atoms with Gasteiger partial charge in [-0.3, -0.25) is 9.78 Å². The van der Waals surface area contributed by atoms with Crippen molar-refractivity contribution in [1.29, 1.82) is 0 Å². The van der Waals surface area contributed by atoms with Gasteiger partial charge in [-0.2, -0.15) is 4.98 Å². The van der Waals surface area contributed by atoms with Crippen LogP contribution in [0, 0.1) is 0 Å². The van der Waals surface area contributed by atoms with Gasteiger partial charge in [-0.1, -0.05) is 0 Å². The number of aromatic amines is 2. The zero-order valence-corrected chi connectivity index (χ0v) is 9.51. The van der Waals surface area contributed by atoms with Gasteiger partial charge in [0.2, 0.25) is 5.28 Å². The average Bonchev–Trinajstić information content (AvgIpc) is 2.34. The molecule has 0 amide bonds. The summed E-state index contributed by atoms with van der Waals surface area (Å²) in [7, 11) is 0. The zero-order chi connectivity index (χ0) is 7.84. The summed E-state index contributed by atoms with van der Waals surface area (Å²) in [5, 5.41) is 0.0506. The molecule has 0 aliphatic heterocycles. The first-order chi connectivity index (χ1) is 5.27. The van der Waals surface area contributed by atoms with E-state index in [0.717, 1.165) is 0 Å². The van der Waals surface area contributed by atoms with Crippen LogP contribution >= 0.6 is 11.6 Å². The van der Waals surface area contributed by atoms with Gasteiger partial charge in [0.1, 0.15) is 0 Å². The van der Waals surface area contributed by atoms with Gasteiger partial charge in [-0.25, -0.2) is 4.98 Å². The van der Waals surface area contributed by atoms with Gasteiger partial charge in [0.05, 0.1) is 6.33 Å². The fourth-order valence-electron chi connectivity index (χ4n) is 0.816. The predicted octanol–water partition coefficient (Wildman–Crippen LogP) is -3.41. The van der Waals surface area contributed by atoms with Crippen LogP contribution in [0.4, 0.5) is 0 Å². The molecule has 2 aromatic heterocycles. The van der Waals surface area contributed by atoms with E-state index in [1.807, 2.05) is 0 Å². The molecule has 6 nitrogen and oxygen atoms in total. The van der Waals surface area contributed by atoms with E-state index >= 15 is 0 Å². The van der Waals surface area contributed by atoms with Crippen molar-refractivity contribution in [3.8, 4) is 0 Å². The first-order valence-electron chi connectivity index (χ1n) is 2.86. The van der Waals surface area contributed by atoms with Crippen LogP contribution in [0.3, 0.4) is 0 Å². The third-order valence-electron chi connectivity index (χ3n) is 1.27. The van der Waals surface area contributed by atoms with E-state index in [9.17, 15) is 4.79 Å². The minimum Gasteiger partial charge on any atom is -1.00 e. The molecule has 0 aliphatic rings. The molecule has 0 fully saturated rings. The van der Waals surface area contributed by atoms with Gasteiger partial charge in [0.25, 0.3) is 5.56 Å². The predicted molar refractivity (Wildman–Crippen MR) is 44.2 cm³/mol. The maximum Gasteiger partial charge on any atom is 1.00 e. The summed E-state index contributed by atoms with van der Waals surface area (Å²) in [5.74, 6) is 0. The number of hydrogen-bond acceptors (Lipinski definition) is 3. The van der Waals surface area contributed by atoms with Crippen molar-refractivity contribution in [3.63, 3.8) is 0 Å². The smallest absolute Gasteiger partial charge is 1.00 e. The Balaban J connectivity index is 0. The van der Waals surface area contributed by atoms with E-state index in [1.165, 1.54) is 6.33 Å². The van der Waals surface area contributed by atoms with Crippen molar-refractivity contribution in [3.05, 3.63) is 22.0 Å². The molecule has 0 saturated heterocycles. The Morgan fingerprint density at radius 2 is 2.23 bits per heavy atom. The largest absolute Gasteiger partial charge is 1.00 e. The monoisotopic (exact) mass is 212 g/mol. The molecule has 2 rings (SSSR count). The van der Waals surface area contributed by atoms with Crippen LogP contribution in [0.25, 0.3) is 11.2 Å². The number of aromatic nitrogens is 4. The van der Waals surface area contributed by atoms with E-state index in [2.05, 4.69) is 19.9 Å². The minimum absolute atomic E-state index is 0. The number of nitrogens with zero attached hydrogens (tertiary/aromatic N) is 2. The second-order valence-electron chi connectivity index (χ2n) is 1.96. The fourth-order valence-corrected chi connectivity index (χ4v) is 0.982. The molecule has 66 valence electrons. The van der Waals surface area contributed by atoms with Crippen molar-refractivity contribution in [1.82, 2.24) is 19.9 Å². The Hall–Kier alpha value is -0.400. The molecule has 0 radical (unpaired) electrons. The second-order valence-corrected chi connectivity index (χ2v) is 2.32. The van der Waals surface area contributed by atoms with E-state index in [4.69, 9.17) is 11.6 Å². The number of halogens is 1. The topological polar surface area (TPSA) is 106 Å². The van der Waals surface area contributed by atoms with Crippen molar-refractivity contribution >= 4 is 22.8 Å². The van der Waals surface area contributed by atoms with Gasteiger partial charge in [0.15, 0.2) is 11.2 Å². The molecular weight excluding hydrogens is 207 g/mol. The van der Waals surface area contributed by atoms with E-state index in [1.54, 1.807) is 0 Å². The number of rotatable bonds is 0. The Labute approximate surface area is 101 Å². The zero-order valence-electron chi connectivity index (χ0n) is 7.76. The Morgan fingerprint density at radius 1 is 1.54 bits per heavy atom. The molecule has 0 spiro atoms. The molecule has 13 heavy (non-hydrogen) atoms. The molecule has 8 heteroatoms. The van der Waals surface area contributed by atoms with Gasteiger partial charge in [-0.05, 0) is 11.6 Å². The van der Waals surface area contributed by atoms with Crippen LogP contribution in [0.15, 0.2) is 11.1 Å². The van der Waals surface area contributed by atoms with Crippen LogP contribution in [0.5, 0.6) is 0 Å². The van der Waals surface area contributed by atoms with Crippen molar-refractivity contribution < 1.29 is 36.5 Å². The van der Waals surface area contributed by atoms with Crippen molar-refractivity contribution in [2.45, 2.75) is 0 Å². The van der Waals surface area contributed by atoms with Gasteiger partial charge < -0.3 is 11.9 Å². The molecule has 0 aromatic carbocycles. The number of fused-ring (bicyclic) bond motifs is 1. The first kappa shape index (κ1) is 12.6. The molecule has 2 heterocycles. The van der Waals surface area contributed by atoms with Crippen LogP contribution in [0.1, 0.15) is 1.43 Å². The third-order valence-corrected chi connectivity index (χ3v) is 1.45. The summed E-state index contributed by atoms with van der Waals surface area (Å²) in [6.45, 7) is 0. The Bertz CT molecular complexity index is 458. The fraction of sp³-hybridized carbons (Fsp3) is 0. The number of imidazole rings is 1. The minimum atomic E-state index is -0.308. The van der Waals surface area contributed by atoms with Crippen molar-refractivity contribution in [2.75, 3.05) is 0 Å². The maximum atomic E-state index is 11.0.